The van der Waals surface area contributed by atoms with Crippen molar-refractivity contribution in [2.75, 3.05) is 25.6 Å². The molecule has 2 aliphatic rings. The van der Waals surface area contributed by atoms with E-state index >= 15 is 0 Å². The van der Waals surface area contributed by atoms with Gasteiger partial charge in [0.05, 0.1) is 18.3 Å². The zero-order chi connectivity index (χ0) is 21.8. The number of nitrogens with zero attached hydrogens (tertiary/aromatic N) is 3. The summed E-state index contributed by atoms with van der Waals surface area (Å²) in [6.45, 7) is 0.671. The number of fused-ring (bicyclic) bond motifs is 5. The number of rotatable bonds is 3. The predicted molar refractivity (Wildman–Crippen MR) is 131 cm³/mol. The number of benzene rings is 3. The molecule has 160 valence electrons. The fourth-order valence-corrected chi connectivity index (χ4v) is 5.20. The summed E-state index contributed by atoms with van der Waals surface area (Å²) >= 11 is 0. The molecule has 32 heavy (non-hydrogen) atoms. The molecular weight excluding hydrogens is 394 g/mol. The Labute approximate surface area is 188 Å². The van der Waals surface area contributed by atoms with Gasteiger partial charge < -0.3 is 19.1 Å². The summed E-state index contributed by atoms with van der Waals surface area (Å²) in [4.78, 5) is 4.62. The molecule has 3 aromatic carbocycles. The number of hydrogen-bond donors (Lipinski definition) is 0. The maximum atomic E-state index is 6.55. The summed E-state index contributed by atoms with van der Waals surface area (Å²) in [6.07, 6.45) is 2.25. The molecule has 1 fully saturated rings. The number of hydrogen-bond acceptors (Lipinski definition) is 3. The first-order valence-electron chi connectivity index (χ1n) is 11.1. The molecular formula is C28H27N3O. The number of aromatic nitrogens is 1. The van der Waals surface area contributed by atoms with Crippen LogP contribution in [0.15, 0.2) is 78.9 Å². The molecule has 0 aliphatic carbocycles. The van der Waals surface area contributed by atoms with Gasteiger partial charge in [0.15, 0.2) is 6.23 Å². The maximum Gasteiger partial charge on any atom is 0.159 e. The zero-order valence-corrected chi connectivity index (χ0v) is 18.7. The van der Waals surface area contributed by atoms with Crippen molar-refractivity contribution < 1.29 is 4.74 Å². The molecule has 4 nitrogen and oxygen atoms in total. The lowest BCUT2D eigenvalue weighted by atomic mass is 9.97. The SMILES string of the molecule is CN(C)c1ccc(C2=Cc3c(c4ccccc4n3C)[C@H]3OC[C@H](c4ccccc4)N23)cc1. The van der Waals surface area contributed by atoms with Crippen LogP contribution < -0.4 is 4.90 Å². The third-order valence-corrected chi connectivity index (χ3v) is 6.86. The van der Waals surface area contributed by atoms with E-state index in [-0.39, 0.29) is 12.3 Å². The molecule has 0 unspecified atom stereocenters. The van der Waals surface area contributed by atoms with Crippen molar-refractivity contribution in [3.63, 3.8) is 0 Å². The first kappa shape index (κ1) is 19.2. The van der Waals surface area contributed by atoms with Gasteiger partial charge in [-0.25, -0.2) is 0 Å². The molecule has 0 amide bonds. The van der Waals surface area contributed by atoms with E-state index < -0.39 is 0 Å². The van der Waals surface area contributed by atoms with Crippen molar-refractivity contribution in [1.29, 1.82) is 0 Å². The maximum absolute atomic E-state index is 6.55. The molecule has 1 saturated heterocycles. The molecule has 4 heteroatoms. The van der Waals surface area contributed by atoms with E-state index in [0.29, 0.717) is 6.61 Å². The van der Waals surface area contributed by atoms with Gasteiger partial charge in [-0.05, 0) is 35.4 Å². The minimum atomic E-state index is -0.102. The summed E-state index contributed by atoms with van der Waals surface area (Å²) < 4.78 is 8.85. The largest absolute Gasteiger partial charge is 0.378 e. The van der Waals surface area contributed by atoms with Crippen LogP contribution in [0.25, 0.3) is 22.7 Å². The molecule has 0 radical (unpaired) electrons. The van der Waals surface area contributed by atoms with Crippen molar-refractivity contribution >= 4 is 28.4 Å². The molecule has 3 heterocycles. The minimum Gasteiger partial charge on any atom is -0.378 e. The summed E-state index contributed by atoms with van der Waals surface area (Å²) in [5.74, 6) is 0. The molecule has 0 bridgehead atoms. The standard InChI is InChI=1S/C28H27N3O/c1-29(2)21-15-13-20(14-16-21)24-17-25-27(22-11-7-8-12-23(22)30(25)3)28-31(24)26(18-32-28)19-9-5-4-6-10-19/h4-17,26,28H,18H2,1-3H3/t26-,28-/m1/s1. The van der Waals surface area contributed by atoms with E-state index in [0.717, 1.165) is 0 Å². The second-order valence-corrected chi connectivity index (χ2v) is 8.87. The van der Waals surface area contributed by atoms with Gasteiger partial charge in [0, 0.05) is 49.0 Å². The van der Waals surface area contributed by atoms with Crippen LogP contribution in [0, 0.1) is 0 Å². The van der Waals surface area contributed by atoms with Crippen LogP contribution in [0.4, 0.5) is 5.69 Å². The summed E-state index contributed by atoms with van der Waals surface area (Å²) in [5, 5.41) is 1.27. The highest BCUT2D eigenvalue weighted by atomic mass is 16.5. The summed E-state index contributed by atoms with van der Waals surface area (Å²) in [7, 11) is 6.31. The molecule has 1 aromatic heterocycles. The third kappa shape index (κ3) is 2.80. The zero-order valence-electron chi connectivity index (χ0n) is 18.7. The monoisotopic (exact) mass is 421 g/mol. The minimum absolute atomic E-state index is 0.102. The van der Waals surface area contributed by atoms with Crippen molar-refractivity contribution in [2.45, 2.75) is 12.3 Å². The van der Waals surface area contributed by atoms with Crippen LogP contribution in [0.2, 0.25) is 0 Å². The van der Waals surface area contributed by atoms with Gasteiger partial charge in [0.25, 0.3) is 0 Å². The van der Waals surface area contributed by atoms with Crippen molar-refractivity contribution in [2.24, 2.45) is 7.05 Å². The van der Waals surface area contributed by atoms with E-state index in [4.69, 9.17) is 4.74 Å². The molecule has 0 N–H and O–H groups in total. The number of aryl methyl sites for hydroxylation is 1. The van der Waals surface area contributed by atoms with Crippen LogP contribution in [0.3, 0.4) is 0 Å². The Morgan fingerprint density at radius 3 is 2.34 bits per heavy atom. The van der Waals surface area contributed by atoms with Gasteiger partial charge >= 0.3 is 0 Å². The Hall–Kier alpha value is -3.50. The van der Waals surface area contributed by atoms with Gasteiger partial charge in [-0.1, -0.05) is 60.7 Å². The topological polar surface area (TPSA) is 20.6 Å². The van der Waals surface area contributed by atoms with Gasteiger partial charge in [-0.2, -0.15) is 0 Å². The van der Waals surface area contributed by atoms with Crippen molar-refractivity contribution in [3.05, 3.63) is 101 Å². The highest BCUT2D eigenvalue weighted by Crippen LogP contribution is 2.51. The first-order valence-corrected chi connectivity index (χ1v) is 11.1. The van der Waals surface area contributed by atoms with Crippen LogP contribution >= 0.6 is 0 Å². The van der Waals surface area contributed by atoms with Gasteiger partial charge in [0.1, 0.15) is 0 Å². The Kier molecular flexibility index (Phi) is 4.37. The molecule has 0 saturated carbocycles. The molecule has 0 spiro atoms. The van der Waals surface area contributed by atoms with E-state index in [1.165, 1.54) is 44.7 Å². The smallest absolute Gasteiger partial charge is 0.159 e. The third-order valence-electron chi connectivity index (χ3n) is 6.86. The lowest BCUT2D eigenvalue weighted by Gasteiger charge is -2.36. The van der Waals surface area contributed by atoms with Crippen LogP contribution in [0.1, 0.15) is 34.7 Å². The molecule has 6 rings (SSSR count). The number of ether oxygens (including phenoxy) is 1. The average molecular weight is 422 g/mol. The van der Waals surface area contributed by atoms with E-state index in [1.807, 2.05) is 0 Å². The fourth-order valence-electron chi connectivity index (χ4n) is 5.20. The van der Waals surface area contributed by atoms with Crippen LogP contribution in [0.5, 0.6) is 0 Å². The fraction of sp³-hybridized carbons (Fsp3) is 0.214. The number of anilines is 1. The van der Waals surface area contributed by atoms with E-state index in [1.54, 1.807) is 0 Å². The first-order chi connectivity index (χ1) is 15.6. The Balaban J connectivity index is 1.57. The van der Waals surface area contributed by atoms with Crippen molar-refractivity contribution in [3.8, 4) is 0 Å². The van der Waals surface area contributed by atoms with Gasteiger partial charge in [-0.3, -0.25) is 0 Å². The Bertz CT molecular complexity index is 1320. The van der Waals surface area contributed by atoms with Crippen molar-refractivity contribution in [1.82, 2.24) is 9.47 Å². The lowest BCUT2D eigenvalue weighted by molar-refractivity contribution is 0.0582. The lowest BCUT2D eigenvalue weighted by Crippen LogP contribution is -2.28. The second-order valence-electron chi connectivity index (χ2n) is 8.87. The highest BCUT2D eigenvalue weighted by Gasteiger charge is 2.43. The highest BCUT2D eigenvalue weighted by molar-refractivity contribution is 5.94. The normalized spacial score (nSPS) is 19.6. The number of para-hydroxylation sites is 1. The quantitative estimate of drug-likeness (QED) is 0.415. The van der Waals surface area contributed by atoms with E-state index in [9.17, 15) is 0 Å². The van der Waals surface area contributed by atoms with Gasteiger partial charge in [0.2, 0.25) is 0 Å². The Morgan fingerprint density at radius 1 is 0.875 bits per heavy atom. The summed E-state index contributed by atoms with van der Waals surface area (Å²) in [5.41, 5.74) is 8.65. The molecule has 2 aliphatic heterocycles. The average Bonchev–Trinajstić information content (AvgIpc) is 3.39. The summed E-state index contributed by atoms with van der Waals surface area (Å²) in [6, 6.07) is 28.4. The predicted octanol–water partition coefficient (Wildman–Crippen LogP) is 5.83. The Morgan fingerprint density at radius 2 is 1.59 bits per heavy atom. The van der Waals surface area contributed by atoms with Gasteiger partial charge in [-0.15, -0.1) is 0 Å². The van der Waals surface area contributed by atoms with Crippen LogP contribution in [-0.4, -0.2) is 30.2 Å². The van der Waals surface area contributed by atoms with Crippen LogP contribution in [-0.2, 0) is 11.8 Å². The second kappa shape index (κ2) is 7.28. The molecule has 4 aromatic rings. The molecule has 2 atom stereocenters. The van der Waals surface area contributed by atoms with E-state index in [2.05, 4.69) is 120 Å².